The minimum Gasteiger partial charge on any atom is -0.480 e. The highest BCUT2D eigenvalue weighted by atomic mass is 31.1. The Kier molecular flexibility index (Phi) is 16.2. The largest absolute Gasteiger partial charge is 0.480 e. The van der Waals surface area contributed by atoms with E-state index >= 15 is 0 Å². The van der Waals surface area contributed by atoms with E-state index < -0.39 is 26.6 Å². The van der Waals surface area contributed by atoms with Gasteiger partial charge in [-0.15, -0.1) is 0 Å². The Morgan fingerprint density at radius 1 is 0.913 bits per heavy atom. The van der Waals surface area contributed by atoms with Gasteiger partial charge >= 0.3 is 5.97 Å². The van der Waals surface area contributed by atoms with Crippen molar-refractivity contribution < 1.29 is 19.6 Å². The lowest BCUT2D eigenvalue weighted by molar-refractivity contribution is -0.139. The average molecular weight is 349 g/mol. The molecule has 0 spiro atoms. The molecule has 0 amide bonds. The number of carbonyl (C=O) groups is 1. The van der Waals surface area contributed by atoms with Crippen LogP contribution in [0, 0.1) is 0 Å². The van der Waals surface area contributed by atoms with Gasteiger partial charge in [-0.05, 0) is 6.42 Å². The molecule has 138 valence electrons. The van der Waals surface area contributed by atoms with Crippen molar-refractivity contribution in [3.8, 4) is 0 Å². The number of aliphatic hydroxyl groups is 1. The minimum absolute atomic E-state index is 0.520. The van der Waals surface area contributed by atoms with Gasteiger partial charge in [-0.2, -0.15) is 0 Å². The summed E-state index contributed by atoms with van der Waals surface area (Å²) in [6.45, 7) is 1.72. The molecule has 1 unspecified atom stereocenters. The minimum atomic E-state index is -2.10. The van der Waals surface area contributed by atoms with Gasteiger partial charge in [0.1, 0.15) is 14.0 Å². The summed E-state index contributed by atoms with van der Waals surface area (Å²) in [5.74, 6) is -1.15. The van der Waals surface area contributed by atoms with Crippen molar-refractivity contribution in [2.45, 2.75) is 90.0 Å². The number of hydrogen-bond donors (Lipinski definition) is 3. The topological polar surface area (TPSA) is 86.6 Å². The molecule has 0 aliphatic carbocycles. The first-order chi connectivity index (χ1) is 11.1. The van der Waals surface area contributed by atoms with Gasteiger partial charge in [-0.3, -0.25) is 9.88 Å². The lowest BCUT2D eigenvalue weighted by atomic mass is 10.1. The van der Waals surface area contributed by atoms with Gasteiger partial charge in [0, 0.05) is 6.16 Å². The SMILES string of the molecule is CCCCCCCCCCCCCC[PH](=O)N[C@@H](CO)C(=O)O. The molecule has 0 rings (SSSR count). The molecule has 0 bridgehead atoms. The van der Waals surface area contributed by atoms with E-state index in [-0.39, 0.29) is 0 Å². The van der Waals surface area contributed by atoms with E-state index in [4.69, 9.17) is 10.2 Å². The summed E-state index contributed by atoms with van der Waals surface area (Å²) in [5.41, 5.74) is 0. The van der Waals surface area contributed by atoms with Crippen LogP contribution in [0.25, 0.3) is 0 Å². The Morgan fingerprint density at radius 2 is 1.35 bits per heavy atom. The van der Waals surface area contributed by atoms with Crippen molar-refractivity contribution in [2.24, 2.45) is 0 Å². The van der Waals surface area contributed by atoms with Crippen LogP contribution < -0.4 is 5.09 Å². The van der Waals surface area contributed by atoms with Crippen LogP contribution in [-0.4, -0.2) is 35.0 Å². The molecule has 0 saturated heterocycles. The van der Waals surface area contributed by atoms with Crippen LogP contribution in [0.4, 0.5) is 0 Å². The zero-order valence-corrected chi connectivity index (χ0v) is 15.7. The monoisotopic (exact) mass is 349 g/mol. The molecule has 3 N–H and O–H groups in total. The molecule has 6 heteroatoms. The van der Waals surface area contributed by atoms with Crippen LogP contribution in [0.2, 0.25) is 0 Å². The van der Waals surface area contributed by atoms with E-state index in [1.807, 2.05) is 0 Å². The van der Waals surface area contributed by atoms with Crippen LogP contribution in [0.5, 0.6) is 0 Å². The highest BCUT2D eigenvalue weighted by Crippen LogP contribution is 2.19. The summed E-state index contributed by atoms with van der Waals surface area (Å²) in [6, 6.07) is -1.10. The van der Waals surface area contributed by atoms with Crippen molar-refractivity contribution in [1.82, 2.24) is 5.09 Å². The van der Waals surface area contributed by atoms with Crippen molar-refractivity contribution >= 4 is 13.9 Å². The summed E-state index contributed by atoms with van der Waals surface area (Å²) in [7, 11) is -2.10. The highest BCUT2D eigenvalue weighted by Gasteiger charge is 2.17. The molecule has 2 atom stereocenters. The smallest absolute Gasteiger partial charge is 0.323 e. The number of nitrogens with one attached hydrogen (secondary N) is 1. The fourth-order valence-electron chi connectivity index (χ4n) is 2.58. The third-order valence-electron chi connectivity index (χ3n) is 4.07. The van der Waals surface area contributed by atoms with E-state index in [0.717, 1.165) is 19.3 Å². The Balaban J connectivity index is 3.32. The van der Waals surface area contributed by atoms with Crippen molar-refractivity contribution in [2.75, 3.05) is 12.8 Å². The molecule has 0 heterocycles. The van der Waals surface area contributed by atoms with Gasteiger partial charge in [0.2, 0.25) is 0 Å². The Bertz CT molecular complexity index is 313. The number of aliphatic carboxylic acids is 1. The van der Waals surface area contributed by atoms with E-state index in [9.17, 15) is 9.36 Å². The van der Waals surface area contributed by atoms with E-state index in [1.165, 1.54) is 57.8 Å². The zero-order chi connectivity index (χ0) is 17.3. The van der Waals surface area contributed by atoms with E-state index in [0.29, 0.717) is 6.16 Å². The summed E-state index contributed by atoms with van der Waals surface area (Å²) in [5, 5.41) is 20.1. The predicted molar refractivity (Wildman–Crippen MR) is 96.6 cm³/mol. The maximum atomic E-state index is 11.7. The van der Waals surface area contributed by atoms with Crippen LogP contribution in [-0.2, 0) is 9.36 Å². The van der Waals surface area contributed by atoms with Gasteiger partial charge in [-0.25, -0.2) is 0 Å². The van der Waals surface area contributed by atoms with Gasteiger partial charge in [-0.1, -0.05) is 77.6 Å². The van der Waals surface area contributed by atoms with Gasteiger partial charge in [0.25, 0.3) is 0 Å². The summed E-state index contributed by atoms with van der Waals surface area (Å²) < 4.78 is 11.7. The van der Waals surface area contributed by atoms with Crippen LogP contribution in [0.3, 0.4) is 0 Å². The summed E-state index contributed by atoms with van der Waals surface area (Å²) in [4.78, 5) is 10.7. The molecular weight excluding hydrogens is 313 g/mol. The van der Waals surface area contributed by atoms with E-state index in [1.54, 1.807) is 0 Å². The third kappa shape index (κ3) is 14.9. The highest BCUT2D eigenvalue weighted by molar-refractivity contribution is 7.42. The lowest BCUT2D eigenvalue weighted by Crippen LogP contribution is -2.35. The average Bonchev–Trinajstić information content (AvgIpc) is 2.53. The molecule has 0 aromatic carbocycles. The van der Waals surface area contributed by atoms with Crippen LogP contribution >= 0.6 is 7.95 Å². The Labute approximate surface area is 142 Å². The van der Waals surface area contributed by atoms with Crippen LogP contribution in [0.15, 0.2) is 0 Å². The second-order valence-corrected chi connectivity index (χ2v) is 7.92. The molecule has 23 heavy (non-hydrogen) atoms. The van der Waals surface area contributed by atoms with Crippen LogP contribution in [0.1, 0.15) is 84.0 Å². The molecule has 0 radical (unpaired) electrons. The first-order valence-corrected chi connectivity index (χ1v) is 10.9. The second-order valence-electron chi connectivity index (χ2n) is 6.28. The standard InChI is InChI=1S/C17H36NO4P/c1-2-3-4-5-6-7-8-9-10-11-12-13-14-23(22)18-16(15-19)17(20)21/h16,19,23H,2-15H2,1H3,(H,18,22)(H,20,21)/t16-/m0/s1. The molecule has 0 saturated carbocycles. The molecule has 0 aromatic heterocycles. The van der Waals surface area contributed by atoms with Gasteiger partial charge in [0.05, 0.1) is 6.61 Å². The normalized spacial score (nSPS) is 13.8. The first-order valence-electron chi connectivity index (χ1n) is 9.24. The molecule has 0 aromatic rings. The number of rotatable bonds is 17. The Morgan fingerprint density at radius 3 is 1.74 bits per heavy atom. The molecular formula is C17H36NO4P. The number of hydrogen-bond acceptors (Lipinski definition) is 3. The fourth-order valence-corrected chi connectivity index (χ4v) is 3.90. The number of aliphatic hydroxyl groups excluding tert-OH is 1. The number of unbranched alkanes of at least 4 members (excludes halogenated alkanes) is 11. The maximum absolute atomic E-state index is 11.7. The predicted octanol–water partition coefficient (Wildman–Crippen LogP) is 4.20. The number of carboxylic acids is 1. The molecule has 0 aliphatic heterocycles. The maximum Gasteiger partial charge on any atom is 0.323 e. The fraction of sp³-hybridized carbons (Fsp3) is 0.941. The molecule has 0 aliphatic rings. The summed E-state index contributed by atoms with van der Waals surface area (Å²) >= 11 is 0. The van der Waals surface area contributed by atoms with Crippen molar-refractivity contribution in [3.05, 3.63) is 0 Å². The number of carboxylic acid groups (broad SMARTS) is 1. The van der Waals surface area contributed by atoms with Gasteiger partial charge < -0.3 is 14.8 Å². The zero-order valence-electron chi connectivity index (χ0n) is 14.7. The quantitative estimate of drug-likeness (QED) is 0.271. The van der Waals surface area contributed by atoms with Gasteiger partial charge in [0.15, 0.2) is 0 Å². The Hall–Kier alpha value is -0.380. The van der Waals surface area contributed by atoms with Crippen molar-refractivity contribution in [1.29, 1.82) is 0 Å². The van der Waals surface area contributed by atoms with E-state index in [2.05, 4.69) is 12.0 Å². The molecule has 0 fully saturated rings. The second kappa shape index (κ2) is 16.5. The lowest BCUT2D eigenvalue weighted by Gasteiger charge is -2.11. The van der Waals surface area contributed by atoms with Crippen molar-refractivity contribution in [3.63, 3.8) is 0 Å². The first kappa shape index (κ1) is 22.6. The third-order valence-corrected chi connectivity index (χ3v) is 5.55. The molecule has 5 nitrogen and oxygen atoms in total. The summed E-state index contributed by atoms with van der Waals surface area (Å²) in [6.07, 6.45) is 15.6.